The van der Waals surface area contributed by atoms with Gasteiger partial charge in [0.2, 0.25) is 0 Å². The summed E-state index contributed by atoms with van der Waals surface area (Å²) < 4.78 is 5.11. The number of carbonyl (C=O) groups is 1. The van der Waals surface area contributed by atoms with Crippen molar-refractivity contribution in [2.45, 2.75) is 20.3 Å². The highest BCUT2D eigenvalue weighted by Gasteiger charge is 1.97. The Morgan fingerprint density at radius 2 is 2.23 bits per heavy atom. The van der Waals surface area contributed by atoms with Crippen molar-refractivity contribution in [3.05, 3.63) is 12.3 Å². The molecule has 4 nitrogen and oxygen atoms in total. The number of ether oxygens (including phenoxy) is 1. The van der Waals surface area contributed by atoms with E-state index in [1.165, 1.54) is 0 Å². The van der Waals surface area contributed by atoms with Crippen LogP contribution in [-0.4, -0.2) is 25.8 Å². The number of urea groups is 1. The zero-order chi connectivity index (χ0) is 10.1. The van der Waals surface area contributed by atoms with Gasteiger partial charge in [-0.1, -0.05) is 6.58 Å². The summed E-state index contributed by atoms with van der Waals surface area (Å²) in [6, 6.07) is -0.205. The van der Waals surface area contributed by atoms with Crippen LogP contribution in [0.4, 0.5) is 4.79 Å². The third kappa shape index (κ3) is 8.88. The van der Waals surface area contributed by atoms with Gasteiger partial charge in [-0.25, -0.2) is 4.79 Å². The number of rotatable bonds is 6. The molecule has 0 aromatic rings. The van der Waals surface area contributed by atoms with Crippen molar-refractivity contribution in [2.75, 3.05) is 19.8 Å². The first-order chi connectivity index (χ1) is 6.16. The maximum absolute atomic E-state index is 11.0. The van der Waals surface area contributed by atoms with Gasteiger partial charge in [-0.3, -0.25) is 0 Å². The Bertz CT molecular complexity index is 169. The van der Waals surface area contributed by atoms with Gasteiger partial charge in [-0.15, -0.1) is 0 Å². The molecule has 0 saturated carbocycles. The third-order valence-electron chi connectivity index (χ3n) is 1.28. The molecule has 0 aromatic carbocycles. The van der Waals surface area contributed by atoms with E-state index < -0.39 is 0 Å². The van der Waals surface area contributed by atoms with Gasteiger partial charge < -0.3 is 15.4 Å². The van der Waals surface area contributed by atoms with Crippen molar-refractivity contribution in [1.82, 2.24) is 10.6 Å². The molecule has 2 amide bonds. The fraction of sp³-hybridized carbons (Fsp3) is 0.667. The van der Waals surface area contributed by atoms with E-state index in [0.29, 0.717) is 18.8 Å². The van der Waals surface area contributed by atoms with E-state index in [4.69, 9.17) is 4.74 Å². The first kappa shape index (κ1) is 12.0. The molecule has 0 fully saturated rings. The molecule has 0 aliphatic carbocycles. The van der Waals surface area contributed by atoms with Crippen molar-refractivity contribution >= 4 is 6.03 Å². The van der Waals surface area contributed by atoms with E-state index in [-0.39, 0.29) is 6.03 Å². The van der Waals surface area contributed by atoms with Crippen LogP contribution < -0.4 is 10.6 Å². The van der Waals surface area contributed by atoms with Gasteiger partial charge in [0.25, 0.3) is 0 Å². The zero-order valence-corrected chi connectivity index (χ0v) is 8.35. The fourth-order valence-electron chi connectivity index (χ4n) is 0.758. The van der Waals surface area contributed by atoms with Crippen molar-refractivity contribution in [3.63, 3.8) is 0 Å². The van der Waals surface area contributed by atoms with Gasteiger partial charge in [-0.2, -0.15) is 0 Å². The van der Waals surface area contributed by atoms with Crippen LogP contribution in [0.25, 0.3) is 0 Å². The van der Waals surface area contributed by atoms with Crippen molar-refractivity contribution in [3.8, 4) is 0 Å². The maximum atomic E-state index is 11.0. The molecule has 0 spiro atoms. The highest BCUT2D eigenvalue weighted by molar-refractivity contribution is 5.75. The summed E-state index contributed by atoms with van der Waals surface area (Å²) in [6.45, 7) is 9.27. The Kier molecular flexibility index (Phi) is 7.01. The molecule has 76 valence electrons. The van der Waals surface area contributed by atoms with Crippen LogP contribution >= 0.6 is 0 Å². The molecule has 2 N–H and O–H groups in total. The van der Waals surface area contributed by atoms with E-state index in [9.17, 15) is 4.79 Å². The summed E-state index contributed by atoms with van der Waals surface area (Å²) in [5.41, 5.74) is 0.641. The number of nitrogens with one attached hydrogen (secondary N) is 2. The number of carbonyl (C=O) groups excluding carboxylic acids is 1. The lowest BCUT2D eigenvalue weighted by atomic mass is 10.4. The molecule has 0 radical (unpaired) electrons. The van der Waals surface area contributed by atoms with E-state index in [1.54, 1.807) is 6.92 Å². The van der Waals surface area contributed by atoms with Gasteiger partial charge in [-0.05, 0) is 20.3 Å². The van der Waals surface area contributed by atoms with E-state index in [1.807, 2.05) is 6.92 Å². The molecule has 0 heterocycles. The van der Waals surface area contributed by atoms with Crippen LogP contribution in [0, 0.1) is 0 Å². The molecule has 0 atom stereocenters. The monoisotopic (exact) mass is 186 g/mol. The molecule has 0 aliphatic rings. The van der Waals surface area contributed by atoms with Gasteiger partial charge in [0, 0.05) is 25.5 Å². The number of amides is 2. The molecule has 0 rings (SSSR count). The quantitative estimate of drug-likeness (QED) is 0.613. The molecule has 0 aromatic heterocycles. The topological polar surface area (TPSA) is 50.4 Å². The van der Waals surface area contributed by atoms with Crippen LogP contribution in [0.2, 0.25) is 0 Å². The molecule has 0 bridgehead atoms. The summed E-state index contributed by atoms with van der Waals surface area (Å²) >= 11 is 0. The molecular formula is C9H18N2O2. The zero-order valence-electron chi connectivity index (χ0n) is 8.35. The van der Waals surface area contributed by atoms with Gasteiger partial charge >= 0.3 is 6.03 Å². The Labute approximate surface area is 79.3 Å². The Morgan fingerprint density at radius 3 is 2.77 bits per heavy atom. The normalized spacial score (nSPS) is 9.38. The largest absolute Gasteiger partial charge is 0.382 e. The minimum absolute atomic E-state index is 0.205. The molecule has 13 heavy (non-hydrogen) atoms. The lowest BCUT2D eigenvalue weighted by molar-refractivity contribution is 0.145. The summed E-state index contributed by atoms with van der Waals surface area (Å²) in [6.07, 6.45) is 0.831. The highest BCUT2D eigenvalue weighted by atomic mass is 16.5. The lowest BCUT2D eigenvalue weighted by Gasteiger charge is -2.06. The predicted molar refractivity (Wildman–Crippen MR) is 52.5 cm³/mol. The molecular weight excluding hydrogens is 168 g/mol. The van der Waals surface area contributed by atoms with E-state index in [2.05, 4.69) is 17.2 Å². The van der Waals surface area contributed by atoms with Crippen molar-refractivity contribution in [1.29, 1.82) is 0 Å². The van der Waals surface area contributed by atoms with Gasteiger partial charge in [0.15, 0.2) is 0 Å². The summed E-state index contributed by atoms with van der Waals surface area (Å²) in [7, 11) is 0. The standard InChI is InChI=1S/C9H18N2O2/c1-4-13-7-5-6-10-9(12)11-8(2)3/h2,4-7H2,1,3H3,(H2,10,11,12). The van der Waals surface area contributed by atoms with Crippen molar-refractivity contribution < 1.29 is 9.53 Å². The Hall–Kier alpha value is -1.03. The Morgan fingerprint density at radius 1 is 1.54 bits per heavy atom. The van der Waals surface area contributed by atoms with Crippen LogP contribution in [0.1, 0.15) is 20.3 Å². The predicted octanol–water partition coefficient (Wildman–Crippen LogP) is 1.25. The summed E-state index contributed by atoms with van der Waals surface area (Å²) in [4.78, 5) is 11.0. The minimum atomic E-state index is -0.205. The molecule has 0 aliphatic heterocycles. The number of hydrogen-bond donors (Lipinski definition) is 2. The second-order valence-corrected chi connectivity index (χ2v) is 2.71. The van der Waals surface area contributed by atoms with Crippen LogP contribution in [0.5, 0.6) is 0 Å². The maximum Gasteiger partial charge on any atom is 0.318 e. The van der Waals surface area contributed by atoms with Crippen LogP contribution in [0.15, 0.2) is 12.3 Å². The van der Waals surface area contributed by atoms with Gasteiger partial charge in [0.1, 0.15) is 0 Å². The molecule has 4 heteroatoms. The highest BCUT2D eigenvalue weighted by Crippen LogP contribution is 1.81. The molecule has 0 saturated heterocycles. The first-order valence-corrected chi connectivity index (χ1v) is 4.45. The summed E-state index contributed by atoms with van der Waals surface area (Å²) in [5, 5.41) is 5.23. The van der Waals surface area contributed by atoms with Gasteiger partial charge in [0.05, 0.1) is 0 Å². The minimum Gasteiger partial charge on any atom is -0.382 e. The average molecular weight is 186 g/mol. The lowest BCUT2D eigenvalue weighted by Crippen LogP contribution is -2.34. The van der Waals surface area contributed by atoms with E-state index in [0.717, 1.165) is 13.0 Å². The second kappa shape index (κ2) is 7.61. The van der Waals surface area contributed by atoms with Crippen molar-refractivity contribution in [2.24, 2.45) is 0 Å². The van der Waals surface area contributed by atoms with E-state index >= 15 is 0 Å². The fourth-order valence-corrected chi connectivity index (χ4v) is 0.758. The summed E-state index contributed by atoms with van der Waals surface area (Å²) in [5.74, 6) is 0. The SMILES string of the molecule is C=C(C)NC(=O)NCCCOCC. The number of allylic oxidation sites excluding steroid dienone is 1. The average Bonchev–Trinajstić information content (AvgIpc) is 2.02. The number of hydrogen-bond acceptors (Lipinski definition) is 2. The smallest absolute Gasteiger partial charge is 0.318 e. The first-order valence-electron chi connectivity index (χ1n) is 4.45. The third-order valence-corrected chi connectivity index (χ3v) is 1.28. The second-order valence-electron chi connectivity index (χ2n) is 2.71. The van der Waals surface area contributed by atoms with Crippen LogP contribution in [-0.2, 0) is 4.74 Å². The van der Waals surface area contributed by atoms with Crippen LogP contribution in [0.3, 0.4) is 0 Å². The Balaban J connectivity index is 3.22. The molecule has 0 unspecified atom stereocenters.